The van der Waals surface area contributed by atoms with Crippen molar-refractivity contribution < 1.29 is 19.4 Å². The summed E-state index contributed by atoms with van der Waals surface area (Å²) >= 11 is 0. The molecule has 2 amide bonds. The van der Waals surface area contributed by atoms with Crippen molar-refractivity contribution in [3.05, 3.63) is 67.8 Å². The zero-order chi connectivity index (χ0) is 19.4. The summed E-state index contributed by atoms with van der Waals surface area (Å²) in [6.45, 7) is 0. The van der Waals surface area contributed by atoms with Crippen molar-refractivity contribution in [3.63, 3.8) is 0 Å². The van der Waals surface area contributed by atoms with Crippen molar-refractivity contribution in [1.82, 2.24) is 0 Å². The molecule has 0 spiro atoms. The third kappa shape index (κ3) is 4.29. The van der Waals surface area contributed by atoms with Crippen molar-refractivity contribution in [3.8, 4) is 0 Å². The van der Waals surface area contributed by atoms with E-state index in [9.17, 15) is 29.8 Å². The molecule has 0 aromatic heterocycles. The second-order valence-electron chi connectivity index (χ2n) is 4.77. The fourth-order valence-electron chi connectivity index (χ4n) is 1.88. The first kappa shape index (κ1) is 19.2. The van der Waals surface area contributed by atoms with Gasteiger partial charge in [0.25, 0.3) is 11.4 Å². The fourth-order valence-corrected chi connectivity index (χ4v) is 4.22. The van der Waals surface area contributed by atoms with Crippen LogP contribution in [0.5, 0.6) is 0 Å². The van der Waals surface area contributed by atoms with Gasteiger partial charge in [0, 0.05) is 34.1 Å². The second kappa shape index (κ2) is 7.84. The number of nitrogens with two attached hydrogens (primary N) is 2. The molecule has 0 aliphatic carbocycles. The Morgan fingerprint density at radius 2 is 1.12 bits per heavy atom. The van der Waals surface area contributed by atoms with E-state index in [4.69, 9.17) is 11.5 Å². The number of nitro benzene ring substituents is 2. The van der Waals surface area contributed by atoms with Crippen LogP contribution >= 0.6 is 21.6 Å². The Hall–Kier alpha value is -3.12. The number of carbonyl (C=O) groups is 2. The fraction of sp³-hybridized carbons (Fsp3) is 0. The Morgan fingerprint density at radius 3 is 1.38 bits per heavy atom. The third-order valence-electron chi connectivity index (χ3n) is 3.10. The minimum atomic E-state index is -0.851. The molecule has 26 heavy (non-hydrogen) atoms. The molecule has 0 saturated heterocycles. The number of primary amides is 2. The lowest BCUT2D eigenvalue weighted by Gasteiger charge is -2.08. The van der Waals surface area contributed by atoms with Gasteiger partial charge in [0.1, 0.15) is 0 Å². The predicted molar refractivity (Wildman–Crippen MR) is 94.9 cm³/mol. The van der Waals surface area contributed by atoms with Crippen LogP contribution in [0, 0.1) is 20.2 Å². The molecule has 10 nitrogen and oxygen atoms in total. The van der Waals surface area contributed by atoms with E-state index in [1.54, 1.807) is 0 Å². The van der Waals surface area contributed by atoms with Crippen LogP contribution in [0.1, 0.15) is 20.7 Å². The number of nitro groups is 2. The average molecular weight is 394 g/mol. The van der Waals surface area contributed by atoms with Crippen LogP contribution in [-0.2, 0) is 0 Å². The lowest BCUT2D eigenvalue weighted by molar-refractivity contribution is -0.385. The number of hydrogen-bond acceptors (Lipinski definition) is 8. The standard InChI is InChI=1S/C14H10N4O6S2/c15-13(19)9-5-7(17(21)22)1-3-11(9)25-26-12-4-2-8(18(23)24)6-10(12)14(16)20/h1-6H,(H2,15,19)(H2,16,20). The van der Waals surface area contributed by atoms with E-state index >= 15 is 0 Å². The number of nitrogens with zero attached hydrogens (tertiary/aromatic N) is 2. The maximum absolute atomic E-state index is 11.5. The molecular weight excluding hydrogens is 384 g/mol. The van der Waals surface area contributed by atoms with Gasteiger partial charge in [0.2, 0.25) is 11.8 Å². The van der Waals surface area contributed by atoms with Gasteiger partial charge in [0.15, 0.2) is 0 Å². The molecule has 0 aliphatic rings. The lowest BCUT2D eigenvalue weighted by atomic mass is 10.2. The number of non-ortho nitro benzene ring substituents is 2. The molecule has 2 aromatic rings. The molecule has 0 atom stereocenters. The zero-order valence-electron chi connectivity index (χ0n) is 12.8. The third-order valence-corrected chi connectivity index (χ3v) is 5.58. The van der Waals surface area contributed by atoms with E-state index in [1.807, 2.05) is 0 Å². The molecule has 0 saturated carbocycles. The number of hydrogen-bond donors (Lipinski definition) is 2. The summed E-state index contributed by atoms with van der Waals surface area (Å²) in [6.07, 6.45) is 0. The highest BCUT2D eigenvalue weighted by Crippen LogP contribution is 2.41. The van der Waals surface area contributed by atoms with Gasteiger partial charge in [0.05, 0.1) is 21.0 Å². The van der Waals surface area contributed by atoms with Crippen molar-refractivity contribution in [2.24, 2.45) is 11.5 Å². The number of carbonyl (C=O) groups excluding carboxylic acids is 2. The van der Waals surface area contributed by atoms with Crippen LogP contribution in [0.2, 0.25) is 0 Å². The summed E-state index contributed by atoms with van der Waals surface area (Å²) in [7, 11) is 2.02. The summed E-state index contributed by atoms with van der Waals surface area (Å²) in [6, 6.07) is 7.23. The second-order valence-corrected chi connectivity index (χ2v) is 6.98. The van der Waals surface area contributed by atoms with Crippen LogP contribution < -0.4 is 11.5 Å². The molecule has 0 heterocycles. The molecule has 2 aromatic carbocycles. The van der Waals surface area contributed by atoms with Crippen LogP contribution in [0.15, 0.2) is 46.2 Å². The summed E-state index contributed by atoms with van der Waals surface area (Å²) in [5.41, 5.74) is 9.81. The van der Waals surface area contributed by atoms with E-state index in [0.29, 0.717) is 9.79 Å². The van der Waals surface area contributed by atoms with Crippen LogP contribution in [-0.4, -0.2) is 21.7 Å². The first-order valence-electron chi connectivity index (χ1n) is 6.71. The molecule has 0 aliphatic heterocycles. The number of amides is 2. The van der Waals surface area contributed by atoms with Gasteiger partial charge < -0.3 is 11.5 Å². The zero-order valence-corrected chi connectivity index (χ0v) is 14.4. The van der Waals surface area contributed by atoms with E-state index in [1.165, 1.54) is 24.3 Å². The van der Waals surface area contributed by atoms with E-state index in [-0.39, 0.29) is 22.5 Å². The molecule has 0 unspecified atom stereocenters. The summed E-state index contributed by atoms with van der Waals surface area (Å²) in [5.74, 6) is -1.70. The molecule has 0 fully saturated rings. The van der Waals surface area contributed by atoms with E-state index < -0.39 is 21.7 Å². The Kier molecular flexibility index (Phi) is 5.79. The first-order chi connectivity index (χ1) is 12.2. The highest BCUT2D eigenvalue weighted by Gasteiger charge is 2.18. The Labute approximate surface area is 153 Å². The van der Waals surface area contributed by atoms with Crippen molar-refractivity contribution in [2.45, 2.75) is 9.79 Å². The SMILES string of the molecule is NC(=O)c1cc([N+](=O)[O-])ccc1SSc1ccc([N+](=O)[O-])cc1C(N)=O. The average Bonchev–Trinajstić information content (AvgIpc) is 2.59. The van der Waals surface area contributed by atoms with Gasteiger partial charge in [-0.1, -0.05) is 21.6 Å². The first-order valence-corrected chi connectivity index (χ1v) is 8.86. The van der Waals surface area contributed by atoms with Gasteiger partial charge in [-0.05, 0) is 12.1 Å². The minimum Gasteiger partial charge on any atom is -0.366 e. The normalized spacial score (nSPS) is 10.3. The maximum atomic E-state index is 11.5. The summed E-state index contributed by atoms with van der Waals surface area (Å²) in [4.78, 5) is 44.0. The molecule has 12 heteroatoms. The van der Waals surface area contributed by atoms with Crippen molar-refractivity contribution >= 4 is 44.8 Å². The molecule has 0 radical (unpaired) electrons. The van der Waals surface area contributed by atoms with Crippen LogP contribution in [0.4, 0.5) is 11.4 Å². The smallest absolute Gasteiger partial charge is 0.270 e. The highest BCUT2D eigenvalue weighted by atomic mass is 33.1. The van der Waals surface area contributed by atoms with Crippen LogP contribution in [0.25, 0.3) is 0 Å². The Balaban J connectivity index is 2.34. The lowest BCUT2D eigenvalue weighted by Crippen LogP contribution is -2.13. The van der Waals surface area contributed by atoms with Crippen molar-refractivity contribution in [2.75, 3.05) is 0 Å². The van der Waals surface area contributed by atoms with Gasteiger partial charge >= 0.3 is 0 Å². The molecular formula is C14H10N4O6S2. The topological polar surface area (TPSA) is 172 Å². The summed E-state index contributed by atoms with van der Waals surface area (Å²) < 4.78 is 0. The quantitative estimate of drug-likeness (QED) is 0.409. The van der Waals surface area contributed by atoms with Crippen LogP contribution in [0.3, 0.4) is 0 Å². The van der Waals surface area contributed by atoms with Gasteiger partial charge in [-0.15, -0.1) is 0 Å². The monoisotopic (exact) mass is 394 g/mol. The van der Waals surface area contributed by atoms with Gasteiger partial charge in [-0.2, -0.15) is 0 Å². The number of benzene rings is 2. The summed E-state index contributed by atoms with van der Waals surface area (Å²) in [5, 5.41) is 21.6. The van der Waals surface area contributed by atoms with Gasteiger partial charge in [-0.3, -0.25) is 29.8 Å². The molecule has 0 bridgehead atoms. The van der Waals surface area contributed by atoms with E-state index in [0.717, 1.165) is 33.7 Å². The maximum Gasteiger partial charge on any atom is 0.270 e. The predicted octanol–water partition coefficient (Wildman–Crippen LogP) is 2.50. The Morgan fingerprint density at radius 1 is 0.769 bits per heavy atom. The number of rotatable bonds is 7. The highest BCUT2D eigenvalue weighted by molar-refractivity contribution is 8.76. The van der Waals surface area contributed by atoms with Gasteiger partial charge in [-0.25, -0.2) is 0 Å². The van der Waals surface area contributed by atoms with E-state index in [2.05, 4.69) is 0 Å². The molecule has 134 valence electrons. The Bertz CT molecular complexity index is 858. The van der Waals surface area contributed by atoms with Crippen molar-refractivity contribution in [1.29, 1.82) is 0 Å². The largest absolute Gasteiger partial charge is 0.366 e. The minimum absolute atomic E-state index is 0.0563. The molecule has 4 N–H and O–H groups in total. The molecule has 2 rings (SSSR count).